The largest absolute Gasteiger partial charge is 0.349 e. The van der Waals surface area contributed by atoms with Crippen molar-refractivity contribution in [3.8, 4) is 0 Å². The molecular formula is C20H25Cl2N3O3. The van der Waals surface area contributed by atoms with Crippen molar-refractivity contribution in [1.82, 2.24) is 15.1 Å². The molecule has 0 bridgehead atoms. The Bertz CT molecular complexity index is 776. The van der Waals surface area contributed by atoms with E-state index in [1.54, 1.807) is 23.1 Å². The van der Waals surface area contributed by atoms with Gasteiger partial charge in [0.1, 0.15) is 0 Å². The first-order valence-electron chi connectivity index (χ1n) is 9.60. The fraction of sp³-hybridized carbons (Fsp3) is 0.550. The van der Waals surface area contributed by atoms with Crippen molar-refractivity contribution in [3.05, 3.63) is 33.8 Å². The van der Waals surface area contributed by atoms with E-state index in [2.05, 4.69) is 5.32 Å². The number of nitrogens with one attached hydrogen (secondary N) is 1. The minimum Gasteiger partial charge on any atom is -0.349 e. The van der Waals surface area contributed by atoms with Crippen molar-refractivity contribution >= 4 is 40.9 Å². The van der Waals surface area contributed by atoms with E-state index >= 15 is 0 Å². The van der Waals surface area contributed by atoms with Crippen molar-refractivity contribution < 1.29 is 14.4 Å². The minimum atomic E-state index is -0.258. The zero-order valence-corrected chi connectivity index (χ0v) is 17.6. The predicted octanol–water partition coefficient (Wildman–Crippen LogP) is 2.97. The second kappa shape index (κ2) is 8.70. The molecule has 1 unspecified atom stereocenters. The first-order chi connectivity index (χ1) is 13.3. The Hall–Kier alpha value is -1.79. The lowest BCUT2D eigenvalue weighted by Gasteiger charge is -2.34. The molecule has 0 aliphatic carbocycles. The molecule has 2 saturated heterocycles. The maximum absolute atomic E-state index is 12.8. The Morgan fingerprint density at radius 1 is 1.18 bits per heavy atom. The summed E-state index contributed by atoms with van der Waals surface area (Å²) < 4.78 is 0. The molecule has 2 aliphatic rings. The summed E-state index contributed by atoms with van der Waals surface area (Å²) >= 11 is 12.0. The molecule has 152 valence electrons. The fourth-order valence-corrected chi connectivity index (χ4v) is 4.21. The van der Waals surface area contributed by atoms with Crippen LogP contribution in [0.1, 0.15) is 43.5 Å². The number of carbonyl (C=O) groups is 3. The molecule has 0 aromatic heterocycles. The molecule has 2 aliphatic heterocycles. The highest BCUT2D eigenvalue weighted by Gasteiger charge is 2.38. The Kier molecular flexibility index (Phi) is 6.50. The lowest BCUT2D eigenvalue weighted by molar-refractivity contribution is -0.136. The van der Waals surface area contributed by atoms with Crippen LogP contribution in [-0.2, 0) is 9.59 Å². The lowest BCUT2D eigenvalue weighted by Crippen LogP contribution is -2.48. The summed E-state index contributed by atoms with van der Waals surface area (Å²) in [6.07, 6.45) is 1.63. The summed E-state index contributed by atoms with van der Waals surface area (Å²) in [6.45, 7) is 5.56. The number of benzene rings is 1. The average molecular weight is 426 g/mol. The molecule has 1 aromatic carbocycles. The molecule has 2 fully saturated rings. The minimum absolute atomic E-state index is 0.0241. The van der Waals surface area contributed by atoms with Crippen LogP contribution in [0.25, 0.3) is 0 Å². The van der Waals surface area contributed by atoms with E-state index in [1.165, 1.54) is 0 Å². The zero-order valence-electron chi connectivity index (χ0n) is 16.1. The van der Waals surface area contributed by atoms with E-state index in [4.69, 9.17) is 23.2 Å². The normalized spacial score (nSPS) is 20.8. The maximum Gasteiger partial charge on any atom is 0.253 e. The number of piperidine rings is 1. The molecule has 0 radical (unpaired) electrons. The van der Waals surface area contributed by atoms with Crippen molar-refractivity contribution in [1.29, 1.82) is 0 Å². The molecule has 8 heteroatoms. The van der Waals surface area contributed by atoms with Crippen molar-refractivity contribution in [2.75, 3.05) is 19.6 Å². The van der Waals surface area contributed by atoms with Gasteiger partial charge in [0, 0.05) is 43.2 Å². The number of amides is 3. The van der Waals surface area contributed by atoms with Gasteiger partial charge in [0.05, 0.1) is 16.5 Å². The van der Waals surface area contributed by atoms with Crippen LogP contribution in [-0.4, -0.2) is 59.2 Å². The van der Waals surface area contributed by atoms with Crippen LogP contribution in [0.4, 0.5) is 0 Å². The summed E-state index contributed by atoms with van der Waals surface area (Å²) in [6, 6.07) is 4.88. The Balaban J connectivity index is 1.52. The molecule has 0 spiro atoms. The van der Waals surface area contributed by atoms with Crippen LogP contribution in [0.15, 0.2) is 18.2 Å². The number of rotatable bonds is 4. The Morgan fingerprint density at radius 2 is 1.86 bits per heavy atom. The van der Waals surface area contributed by atoms with E-state index < -0.39 is 0 Å². The van der Waals surface area contributed by atoms with E-state index in [1.807, 2.05) is 18.7 Å². The lowest BCUT2D eigenvalue weighted by atomic mass is 10.0. The third-order valence-corrected chi connectivity index (χ3v) is 6.01. The van der Waals surface area contributed by atoms with Gasteiger partial charge in [-0.25, -0.2) is 0 Å². The van der Waals surface area contributed by atoms with Crippen molar-refractivity contribution in [2.24, 2.45) is 5.92 Å². The second-order valence-electron chi connectivity index (χ2n) is 7.74. The van der Waals surface area contributed by atoms with Gasteiger partial charge in [-0.15, -0.1) is 0 Å². The molecule has 6 nitrogen and oxygen atoms in total. The van der Waals surface area contributed by atoms with E-state index in [-0.39, 0.29) is 35.7 Å². The summed E-state index contributed by atoms with van der Waals surface area (Å²) in [5, 5.41) is 3.79. The summed E-state index contributed by atoms with van der Waals surface area (Å²) in [5.74, 6) is -0.425. The number of hydrogen-bond donors (Lipinski definition) is 1. The quantitative estimate of drug-likeness (QED) is 0.805. The molecular weight excluding hydrogens is 401 g/mol. The molecule has 1 N–H and O–H groups in total. The average Bonchev–Trinajstić information content (AvgIpc) is 3.05. The topological polar surface area (TPSA) is 69.7 Å². The van der Waals surface area contributed by atoms with Gasteiger partial charge in [0.15, 0.2) is 0 Å². The Morgan fingerprint density at radius 3 is 2.46 bits per heavy atom. The van der Waals surface area contributed by atoms with Gasteiger partial charge < -0.3 is 15.1 Å². The molecule has 28 heavy (non-hydrogen) atoms. The van der Waals surface area contributed by atoms with Gasteiger partial charge in [-0.1, -0.05) is 23.2 Å². The fourth-order valence-electron chi connectivity index (χ4n) is 3.83. The third kappa shape index (κ3) is 4.61. The summed E-state index contributed by atoms with van der Waals surface area (Å²) in [5.41, 5.74) is 0.353. The summed E-state index contributed by atoms with van der Waals surface area (Å²) in [7, 11) is 0. The highest BCUT2D eigenvalue weighted by molar-refractivity contribution is 6.35. The van der Waals surface area contributed by atoms with Crippen LogP contribution in [0.3, 0.4) is 0 Å². The van der Waals surface area contributed by atoms with Crippen LogP contribution < -0.4 is 5.32 Å². The van der Waals surface area contributed by atoms with Gasteiger partial charge in [-0.2, -0.15) is 0 Å². The highest BCUT2D eigenvalue weighted by atomic mass is 35.5. The molecule has 1 atom stereocenters. The number of halogens is 2. The summed E-state index contributed by atoms with van der Waals surface area (Å²) in [4.78, 5) is 40.9. The highest BCUT2D eigenvalue weighted by Crippen LogP contribution is 2.25. The van der Waals surface area contributed by atoms with Gasteiger partial charge in [-0.3, -0.25) is 14.4 Å². The monoisotopic (exact) mass is 425 g/mol. The second-order valence-corrected chi connectivity index (χ2v) is 8.58. The van der Waals surface area contributed by atoms with Crippen LogP contribution in [0.5, 0.6) is 0 Å². The number of nitrogens with zero attached hydrogens (tertiary/aromatic N) is 2. The Labute approximate surface area is 175 Å². The van der Waals surface area contributed by atoms with Crippen molar-refractivity contribution in [2.45, 2.75) is 45.2 Å². The molecule has 1 aromatic rings. The number of carbonyl (C=O) groups excluding carboxylic acids is 3. The first kappa shape index (κ1) is 20.9. The first-order valence-corrected chi connectivity index (χ1v) is 10.4. The zero-order chi connectivity index (χ0) is 20.4. The smallest absolute Gasteiger partial charge is 0.253 e. The maximum atomic E-state index is 12.8. The van der Waals surface area contributed by atoms with Crippen LogP contribution >= 0.6 is 23.2 Å². The van der Waals surface area contributed by atoms with E-state index in [0.717, 1.165) is 0 Å². The predicted molar refractivity (Wildman–Crippen MR) is 108 cm³/mol. The standard InChI is InChI=1S/C20H25Cl2N3O3/c1-12(2)25-11-13(9-18(25)26)20(28)24-7-5-15(6-8-24)23-19(27)16-10-14(21)3-4-17(16)22/h3-4,10,12-13,15H,5-9,11H2,1-2H3,(H,23,27). The number of hydrogen-bond acceptors (Lipinski definition) is 3. The van der Waals surface area contributed by atoms with Gasteiger partial charge in [0.2, 0.25) is 11.8 Å². The van der Waals surface area contributed by atoms with Crippen LogP contribution in [0, 0.1) is 5.92 Å². The SMILES string of the molecule is CC(C)N1CC(C(=O)N2CCC(NC(=O)c3cc(Cl)ccc3Cl)CC2)CC1=O. The van der Waals surface area contributed by atoms with Crippen LogP contribution in [0.2, 0.25) is 10.0 Å². The van der Waals surface area contributed by atoms with Gasteiger partial charge in [-0.05, 0) is 44.9 Å². The van der Waals surface area contributed by atoms with Crippen molar-refractivity contribution in [3.63, 3.8) is 0 Å². The van der Waals surface area contributed by atoms with Gasteiger partial charge in [0.25, 0.3) is 5.91 Å². The molecule has 3 rings (SSSR count). The van der Waals surface area contributed by atoms with E-state index in [0.29, 0.717) is 54.5 Å². The van der Waals surface area contributed by atoms with E-state index in [9.17, 15) is 14.4 Å². The molecule has 3 amide bonds. The third-order valence-electron chi connectivity index (χ3n) is 5.45. The molecule has 0 saturated carbocycles. The van der Waals surface area contributed by atoms with Gasteiger partial charge >= 0.3 is 0 Å². The molecule has 2 heterocycles. The number of likely N-dealkylation sites (tertiary alicyclic amines) is 2.